The number of nitrogens with zero attached hydrogens (tertiary/aromatic N) is 1. The third-order valence-electron chi connectivity index (χ3n) is 2.70. The zero-order valence-corrected chi connectivity index (χ0v) is 11.0. The predicted molar refractivity (Wildman–Crippen MR) is 72.2 cm³/mol. The summed E-state index contributed by atoms with van der Waals surface area (Å²) in [5.41, 5.74) is 4.25. The van der Waals surface area contributed by atoms with Crippen LogP contribution in [0.4, 0.5) is 18.9 Å². The molecular formula is C14H10F3N3O2. The minimum atomic E-state index is -4.44. The number of pyridine rings is 1. The van der Waals surface area contributed by atoms with Crippen LogP contribution in [0.15, 0.2) is 42.5 Å². The van der Waals surface area contributed by atoms with Crippen LogP contribution < -0.4 is 11.1 Å². The summed E-state index contributed by atoms with van der Waals surface area (Å²) in [6, 6.07) is 8.07. The maximum absolute atomic E-state index is 12.4. The number of halogens is 3. The summed E-state index contributed by atoms with van der Waals surface area (Å²) in [4.78, 5) is 26.7. The average Bonchev–Trinajstić information content (AvgIpc) is 2.47. The van der Waals surface area contributed by atoms with Gasteiger partial charge in [0.1, 0.15) is 11.4 Å². The van der Waals surface area contributed by atoms with E-state index >= 15 is 0 Å². The van der Waals surface area contributed by atoms with Gasteiger partial charge in [0, 0.05) is 5.69 Å². The molecule has 2 rings (SSSR count). The second kappa shape index (κ2) is 5.84. The second-order valence-corrected chi connectivity index (χ2v) is 4.30. The fourth-order valence-corrected chi connectivity index (χ4v) is 1.64. The van der Waals surface area contributed by atoms with Crippen LogP contribution in [0.2, 0.25) is 0 Å². The van der Waals surface area contributed by atoms with Crippen molar-refractivity contribution in [2.75, 3.05) is 5.32 Å². The fourth-order valence-electron chi connectivity index (χ4n) is 1.64. The molecule has 5 nitrogen and oxygen atoms in total. The number of alkyl halides is 3. The number of benzene rings is 1. The molecule has 0 saturated heterocycles. The summed E-state index contributed by atoms with van der Waals surface area (Å²) < 4.78 is 37.3. The van der Waals surface area contributed by atoms with E-state index in [0.29, 0.717) is 0 Å². The number of anilines is 1. The first kappa shape index (κ1) is 15.5. The van der Waals surface area contributed by atoms with E-state index in [4.69, 9.17) is 5.73 Å². The molecule has 0 spiro atoms. The van der Waals surface area contributed by atoms with Gasteiger partial charge in [-0.1, -0.05) is 6.07 Å². The molecule has 0 bridgehead atoms. The summed E-state index contributed by atoms with van der Waals surface area (Å²) >= 11 is 0. The average molecular weight is 309 g/mol. The van der Waals surface area contributed by atoms with Gasteiger partial charge in [0.05, 0.1) is 5.56 Å². The molecule has 1 aromatic heterocycles. The molecule has 0 fully saturated rings. The minimum absolute atomic E-state index is 0.0730. The number of nitrogens with one attached hydrogen (secondary N) is 1. The van der Waals surface area contributed by atoms with E-state index in [-0.39, 0.29) is 17.1 Å². The summed E-state index contributed by atoms with van der Waals surface area (Å²) in [5, 5.41) is 2.38. The molecule has 0 radical (unpaired) electrons. The lowest BCUT2D eigenvalue weighted by Gasteiger charge is -2.08. The molecule has 0 aliphatic rings. The Hall–Kier alpha value is -2.90. The van der Waals surface area contributed by atoms with Crippen LogP contribution in [0, 0.1) is 0 Å². The van der Waals surface area contributed by atoms with Gasteiger partial charge in [-0.2, -0.15) is 13.2 Å². The first-order valence-electron chi connectivity index (χ1n) is 6.03. The van der Waals surface area contributed by atoms with Gasteiger partial charge in [-0.15, -0.1) is 0 Å². The van der Waals surface area contributed by atoms with Gasteiger partial charge in [-0.3, -0.25) is 9.59 Å². The zero-order valence-electron chi connectivity index (χ0n) is 11.0. The van der Waals surface area contributed by atoms with E-state index in [1.807, 2.05) is 0 Å². The summed E-state index contributed by atoms with van der Waals surface area (Å²) in [5.74, 6) is -1.45. The Morgan fingerprint density at radius 3 is 2.14 bits per heavy atom. The van der Waals surface area contributed by atoms with Crippen LogP contribution in [-0.4, -0.2) is 16.8 Å². The first-order chi connectivity index (χ1) is 10.3. The normalized spacial score (nSPS) is 11.0. The number of carbonyl (C=O) groups excluding carboxylic acids is 2. The van der Waals surface area contributed by atoms with Crippen molar-refractivity contribution in [3.05, 3.63) is 59.4 Å². The molecule has 0 unspecified atom stereocenters. The van der Waals surface area contributed by atoms with Crippen LogP contribution >= 0.6 is 0 Å². The van der Waals surface area contributed by atoms with E-state index < -0.39 is 23.6 Å². The van der Waals surface area contributed by atoms with E-state index in [1.165, 1.54) is 18.2 Å². The highest BCUT2D eigenvalue weighted by atomic mass is 19.4. The quantitative estimate of drug-likeness (QED) is 0.913. The van der Waals surface area contributed by atoms with Crippen molar-refractivity contribution in [1.82, 2.24) is 4.98 Å². The van der Waals surface area contributed by atoms with Crippen molar-refractivity contribution in [2.24, 2.45) is 5.73 Å². The lowest BCUT2D eigenvalue weighted by molar-refractivity contribution is -0.137. The van der Waals surface area contributed by atoms with Crippen molar-refractivity contribution in [3.8, 4) is 0 Å². The molecule has 2 aromatic rings. The van der Waals surface area contributed by atoms with Gasteiger partial charge in [0.2, 0.25) is 0 Å². The van der Waals surface area contributed by atoms with Gasteiger partial charge >= 0.3 is 6.18 Å². The smallest absolute Gasteiger partial charge is 0.364 e. The Labute approximate surface area is 123 Å². The predicted octanol–water partition coefficient (Wildman–Crippen LogP) is 2.45. The number of rotatable bonds is 3. The Morgan fingerprint density at radius 2 is 1.59 bits per heavy atom. The monoisotopic (exact) mass is 309 g/mol. The first-order valence-corrected chi connectivity index (χ1v) is 6.03. The molecule has 0 aliphatic heterocycles. The Kier molecular flexibility index (Phi) is 4.11. The SMILES string of the molecule is NC(=O)c1cccc(C(=O)Nc2ccc(C(F)(F)F)cc2)n1. The Balaban J connectivity index is 2.15. The molecule has 8 heteroatoms. The van der Waals surface area contributed by atoms with Crippen molar-refractivity contribution >= 4 is 17.5 Å². The highest BCUT2D eigenvalue weighted by molar-refractivity contribution is 6.03. The zero-order chi connectivity index (χ0) is 16.3. The molecule has 0 atom stereocenters. The molecule has 3 N–H and O–H groups in total. The maximum atomic E-state index is 12.4. The van der Waals surface area contributed by atoms with E-state index in [9.17, 15) is 22.8 Å². The van der Waals surface area contributed by atoms with Crippen molar-refractivity contribution in [2.45, 2.75) is 6.18 Å². The number of hydrogen-bond donors (Lipinski definition) is 2. The van der Waals surface area contributed by atoms with Crippen molar-refractivity contribution in [1.29, 1.82) is 0 Å². The highest BCUT2D eigenvalue weighted by Gasteiger charge is 2.30. The van der Waals surface area contributed by atoms with Crippen molar-refractivity contribution < 1.29 is 22.8 Å². The molecule has 1 aromatic carbocycles. The van der Waals surface area contributed by atoms with Gasteiger partial charge in [-0.25, -0.2) is 4.98 Å². The second-order valence-electron chi connectivity index (χ2n) is 4.30. The van der Waals surface area contributed by atoms with Crippen LogP contribution in [0.1, 0.15) is 26.5 Å². The van der Waals surface area contributed by atoms with Crippen molar-refractivity contribution in [3.63, 3.8) is 0 Å². The lowest BCUT2D eigenvalue weighted by Crippen LogP contribution is -2.18. The molecular weight excluding hydrogens is 299 g/mol. The molecule has 22 heavy (non-hydrogen) atoms. The molecule has 0 aliphatic carbocycles. The third-order valence-corrected chi connectivity index (χ3v) is 2.70. The van der Waals surface area contributed by atoms with Gasteiger partial charge < -0.3 is 11.1 Å². The minimum Gasteiger partial charge on any atom is -0.364 e. The lowest BCUT2D eigenvalue weighted by atomic mass is 10.2. The fraction of sp³-hybridized carbons (Fsp3) is 0.0714. The number of nitrogens with two attached hydrogens (primary N) is 1. The van der Waals surface area contributed by atoms with Crippen LogP contribution in [-0.2, 0) is 6.18 Å². The Morgan fingerprint density at radius 1 is 1.00 bits per heavy atom. The standard InChI is InChI=1S/C14H10F3N3O2/c15-14(16,17)8-4-6-9(7-5-8)19-13(22)11-3-1-2-10(20-11)12(18)21/h1-7H,(H2,18,21)(H,19,22). The maximum Gasteiger partial charge on any atom is 0.416 e. The van der Waals surface area contributed by atoms with Gasteiger partial charge in [0.25, 0.3) is 11.8 Å². The molecule has 114 valence electrons. The van der Waals surface area contributed by atoms with Crippen LogP contribution in [0.3, 0.4) is 0 Å². The van der Waals surface area contributed by atoms with Crippen LogP contribution in [0.25, 0.3) is 0 Å². The van der Waals surface area contributed by atoms with Gasteiger partial charge in [0.15, 0.2) is 0 Å². The Bertz CT molecular complexity index is 712. The highest BCUT2D eigenvalue weighted by Crippen LogP contribution is 2.29. The molecule has 0 saturated carbocycles. The number of primary amides is 1. The third kappa shape index (κ3) is 3.60. The number of aromatic nitrogens is 1. The topological polar surface area (TPSA) is 85.1 Å². The number of carbonyl (C=O) groups is 2. The van der Waals surface area contributed by atoms with E-state index in [2.05, 4.69) is 10.3 Å². The van der Waals surface area contributed by atoms with E-state index in [1.54, 1.807) is 0 Å². The molecule has 1 heterocycles. The largest absolute Gasteiger partial charge is 0.416 e. The van der Waals surface area contributed by atoms with E-state index in [0.717, 1.165) is 24.3 Å². The summed E-state index contributed by atoms with van der Waals surface area (Å²) in [6.07, 6.45) is -4.44. The van der Waals surface area contributed by atoms with Gasteiger partial charge in [-0.05, 0) is 36.4 Å². The summed E-state index contributed by atoms with van der Waals surface area (Å²) in [6.45, 7) is 0. The summed E-state index contributed by atoms with van der Waals surface area (Å²) in [7, 11) is 0. The number of amides is 2. The number of hydrogen-bond acceptors (Lipinski definition) is 3. The molecule has 2 amide bonds. The van der Waals surface area contributed by atoms with Crippen LogP contribution in [0.5, 0.6) is 0 Å².